The molecule has 3 N–H and O–H groups in total. The summed E-state index contributed by atoms with van der Waals surface area (Å²) in [5.41, 5.74) is 4.03. The van der Waals surface area contributed by atoms with Gasteiger partial charge in [0.25, 0.3) is 0 Å². The molecule has 0 bridgehead atoms. The number of hydrogen-bond donors (Lipinski definition) is 3. The van der Waals surface area contributed by atoms with E-state index in [0.717, 1.165) is 30.6 Å². The molecular weight excluding hydrogens is 536 g/mol. The minimum atomic E-state index is -0.472. The average Bonchev–Trinajstić information content (AvgIpc) is 3.01. The van der Waals surface area contributed by atoms with Crippen molar-refractivity contribution in [1.29, 1.82) is 0 Å². The minimum absolute atomic E-state index is 0.267. The van der Waals surface area contributed by atoms with E-state index in [9.17, 15) is 9.90 Å². The molecule has 2 rings (SSSR count). The standard InChI is InChI=1S/C37H58N2O4/c1-4-7-9-11-13-15-17-19-31-21-23-35(40)33(29-31)38-25-27-42-28-26-39-34-30-32(20-18-16-14-12-10-8-5-2)22-24-36(34)43-37(41)6-3/h6,21-24,29-30,38-40H,3-5,7-20,25-28H2,1-2H3. The van der Waals surface area contributed by atoms with Crippen molar-refractivity contribution in [1.82, 2.24) is 0 Å². The smallest absolute Gasteiger partial charge is 0.335 e. The lowest BCUT2D eigenvalue weighted by atomic mass is 10.0. The second-order valence-corrected chi connectivity index (χ2v) is 11.5. The van der Waals surface area contributed by atoms with E-state index in [2.05, 4.69) is 43.2 Å². The number of benzene rings is 2. The van der Waals surface area contributed by atoms with Gasteiger partial charge in [0.05, 0.1) is 24.6 Å². The Morgan fingerprint density at radius 2 is 1.21 bits per heavy atom. The molecule has 0 aliphatic rings. The number of nitrogens with one attached hydrogen (secondary N) is 2. The highest BCUT2D eigenvalue weighted by Gasteiger charge is 2.09. The van der Waals surface area contributed by atoms with Gasteiger partial charge in [0.2, 0.25) is 0 Å². The Balaban J connectivity index is 1.71. The van der Waals surface area contributed by atoms with Gasteiger partial charge in [-0.1, -0.05) is 110 Å². The number of aryl methyl sites for hydroxylation is 2. The molecule has 0 spiro atoms. The number of esters is 1. The van der Waals surface area contributed by atoms with Crippen molar-refractivity contribution in [3.05, 3.63) is 60.2 Å². The number of anilines is 2. The van der Waals surface area contributed by atoms with Gasteiger partial charge >= 0.3 is 5.97 Å². The molecule has 0 radical (unpaired) electrons. The maximum Gasteiger partial charge on any atom is 0.335 e. The molecule has 0 saturated heterocycles. The monoisotopic (exact) mass is 594 g/mol. The van der Waals surface area contributed by atoms with Crippen molar-refractivity contribution < 1.29 is 19.4 Å². The number of phenols is 1. The molecule has 0 heterocycles. The predicted molar refractivity (Wildman–Crippen MR) is 182 cm³/mol. The summed E-state index contributed by atoms with van der Waals surface area (Å²) in [6.07, 6.45) is 21.2. The summed E-state index contributed by atoms with van der Waals surface area (Å²) in [5.74, 6) is 0.296. The van der Waals surface area contributed by atoms with Gasteiger partial charge in [0.1, 0.15) is 5.75 Å². The van der Waals surface area contributed by atoms with Gasteiger partial charge in [-0.05, 0) is 61.1 Å². The van der Waals surface area contributed by atoms with Crippen LogP contribution in [0.3, 0.4) is 0 Å². The molecule has 6 heteroatoms. The van der Waals surface area contributed by atoms with Crippen molar-refractivity contribution in [2.24, 2.45) is 0 Å². The number of rotatable bonds is 26. The molecule has 2 aromatic carbocycles. The number of carbonyl (C=O) groups excluding carboxylic acids is 1. The lowest BCUT2D eigenvalue weighted by molar-refractivity contribution is -0.128. The molecule has 240 valence electrons. The quantitative estimate of drug-likeness (QED) is 0.0331. The molecule has 0 unspecified atom stereocenters. The van der Waals surface area contributed by atoms with Crippen molar-refractivity contribution in [3.63, 3.8) is 0 Å². The van der Waals surface area contributed by atoms with E-state index in [-0.39, 0.29) is 5.75 Å². The van der Waals surface area contributed by atoms with E-state index in [4.69, 9.17) is 9.47 Å². The lowest BCUT2D eigenvalue weighted by Gasteiger charge is -2.14. The fourth-order valence-electron chi connectivity index (χ4n) is 5.18. The summed E-state index contributed by atoms with van der Waals surface area (Å²) < 4.78 is 11.3. The zero-order chi connectivity index (χ0) is 31.0. The number of ether oxygens (including phenoxy) is 2. The molecule has 0 amide bonds. The van der Waals surface area contributed by atoms with Crippen LogP contribution in [0.1, 0.15) is 115 Å². The first-order chi connectivity index (χ1) is 21.1. The second-order valence-electron chi connectivity index (χ2n) is 11.5. The molecule has 0 fully saturated rings. The van der Waals surface area contributed by atoms with Crippen LogP contribution in [0, 0.1) is 0 Å². The Hall–Kier alpha value is -2.99. The fraction of sp³-hybridized carbons (Fsp3) is 0.595. The minimum Gasteiger partial charge on any atom is -0.506 e. The summed E-state index contributed by atoms with van der Waals surface area (Å²) >= 11 is 0. The number of hydrogen-bond acceptors (Lipinski definition) is 6. The zero-order valence-electron chi connectivity index (χ0n) is 27.1. The Bertz CT molecular complexity index is 1040. The second kappa shape index (κ2) is 23.5. The first-order valence-corrected chi connectivity index (χ1v) is 16.9. The van der Waals surface area contributed by atoms with Gasteiger partial charge < -0.3 is 25.2 Å². The fourth-order valence-corrected chi connectivity index (χ4v) is 5.18. The predicted octanol–water partition coefficient (Wildman–Crippen LogP) is 9.61. The van der Waals surface area contributed by atoms with Crippen LogP contribution in [-0.2, 0) is 22.4 Å². The van der Waals surface area contributed by atoms with Crippen molar-refractivity contribution in [2.45, 2.75) is 117 Å². The van der Waals surface area contributed by atoms with Crippen LogP contribution in [0.15, 0.2) is 49.1 Å². The molecular formula is C37H58N2O4. The van der Waals surface area contributed by atoms with Gasteiger partial charge in [-0.2, -0.15) is 0 Å². The maximum atomic E-state index is 11.8. The first kappa shape index (κ1) is 36.2. The molecule has 0 atom stereocenters. The van der Waals surface area contributed by atoms with Crippen LogP contribution in [0.2, 0.25) is 0 Å². The topological polar surface area (TPSA) is 79.8 Å². The number of aromatic hydroxyl groups is 1. The summed E-state index contributed by atoms with van der Waals surface area (Å²) in [6.45, 7) is 10.2. The Morgan fingerprint density at radius 3 is 1.77 bits per heavy atom. The van der Waals surface area contributed by atoms with Crippen molar-refractivity contribution >= 4 is 17.3 Å². The zero-order valence-corrected chi connectivity index (χ0v) is 27.1. The van der Waals surface area contributed by atoms with Crippen molar-refractivity contribution in [3.8, 4) is 11.5 Å². The molecule has 43 heavy (non-hydrogen) atoms. The van der Waals surface area contributed by atoms with Gasteiger partial charge in [-0.15, -0.1) is 0 Å². The van der Waals surface area contributed by atoms with Gasteiger partial charge in [0, 0.05) is 19.2 Å². The number of carbonyl (C=O) groups is 1. The molecule has 0 saturated carbocycles. The third kappa shape index (κ3) is 16.4. The summed E-state index contributed by atoms with van der Waals surface area (Å²) in [7, 11) is 0. The number of unbranched alkanes of at least 4 members (excludes halogenated alkanes) is 12. The highest BCUT2D eigenvalue weighted by molar-refractivity contribution is 5.84. The molecule has 0 aromatic heterocycles. The van der Waals surface area contributed by atoms with Crippen LogP contribution in [-0.4, -0.2) is 37.4 Å². The highest BCUT2D eigenvalue weighted by atomic mass is 16.5. The molecule has 0 aliphatic carbocycles. The average molecular weight is 595 g/mol. The van der Waals surface area contributed by atoms with E-state index in [1.807, 2.05) is 18.2 Å². The maximum absolute atomic E-state index is 11.8. The van der Waals surface area contributed by atoms with E-state index < -0.39 is 5.97 Å². The van der Waals surface area contributed by atoms with Crippen LogP contribution in [0.4, 0.5) is 11.4 Å². The number of phenolic OH excluding ortho intramolecular Hbond substituents is 1. The van der Waals surface area contributed by atoms with Crippen LogP contribution in [0.25, 0.3) is 0 Å². The van der Waals surface area contributed by atoms with E-state index in [0.29, 0.717) is 32.1 Å². The van der Waals surface area contributed by atoms with Gasteiger partial charge in [-0.3, -0.25) is 0 Å². The Kier molecular flexibility index (Phi) is 19.8. The van der Waals surface area contributed by atoms with Crippen molar-refractivity contribution in [2.75, 3.05) is 36.9 Å². The van der Waals surface area contributed by atoms with Gasteiger partial charge in [-0.25, -0.2) is 4.79 Å². The SMILES string of the molecule is C=CC(=O)Oc1ccc(CCCCCCCCC)cc1NCCOCCNc1cc(CCCCCCCCC)ccc1O. The largest absolute Gasteiger partial charge is 0.506 e. The van der Waals surface area contributed by atoms with Crippen LogP contribution < -0.4 is 15.4 Å². The Labute approximate surface area is 261 Å². The normalized spacial score (nSPS) is 10.9. The summed E-state index contributed by atoms with van der Waals surface area (Å²) in [5, 5.41) is 17.0. The molecule has 6 nitrogen and oxygen atoms in total. The third-order valence-corrected chi connectivity index (χ3v) is 7.74. The first-order valence-electron chi connectivity index (χ1n) is 16.9. The van der Waals surface area contributed by atoms with Gasteiger partial charge in [0.15, 0.2) is 5.75 Å². The summed E-state index contributed by atoms with van der Waals surface area (Å²) in [4.78, 5) is 11.8. The lowest BCUT2D eigenvalue weighted by Crippen LogP contribution is -2.15. The molecule has 2 aromatic rings. The van der Waals surface area contributed by atoms with Crippen LogP contribution >= 0.6 is 0 Å². The van der Waals surface area contributed by atoms with E-state index >= 15 is 0 Å². The third-order valence-electron chi connectivity index (χ3n) is 7.74. The highest BCUT2D eigenvalue weighted by Crippen LogP contribution is 2.27. The van der Waals surface area contributed by atoms with E-state index in [1.54, 1.807) is 6.07 Å². The van der Waals surface area contributed by atoms with E-state index in [1.165, 1.54) is 101 Å². The van der Waals surface area contributed by atoms with Crippen LogP contribution in [0.5, 0.6) is 11.5 Å². The molecule has 0 aliphatic heterocycles. The summed E-state index contributed by atoms with van der Waals surface area (Å²) in [6, 6.07) is 11.8. The Morgan fingerprint density at radius 1 is 0.721 bits per heavy atom.